The zero-order valence-corrected chi connectivity index (χ0v) is 15.2. The number of ether oxygens (including phenoxy) is 1. The van der Waals surface area contributed by atoms with Crippen molar-refractivity contribution in [2.24, 2.45) is 0 Å². The van der Waals surface area contributed by atoms with E-state index in [4.69, 9.17) is 14.3 Å². The van der Waals surface area contributed by atoms with Gasteiger partial charge >= 0.3 is 12.0 Å². The van der Waals surface area contributed by atoms with Crippen LogP contribution in [0, 0.1) is 6.92 Å². The molecule has 1 saturated heterocycles. The van der Waals surface area contributed by atoms with Crippen LogP contribution in [-0.4, -0.2) is 35.0 Å². The number of nitrogens with one attached hydrogen (secondary N) is 1. The molecule has 0 saturated carbocycles. The summed E-state index contributed by atoms with van der Waals surface area (Å²) >= 11 is 0. The maximum Gasteiger partial charge on any atom is 0.371 e. The SMILES string of the molecule is CCC1(c2ccc(OC)c(C)c2)NC(=O)N(Cc2ccc(C(=O)O)o2)C1=O. The quantitative estimate of drug-likeness (QED) is 0.755. The number of hydrogen-bond donors (Lipinski definition) is 2. The van der Waals surface area contributed by atoms with Gasteiger partial charge in [0.2, 0.25) is 5.76 Å². The maximum atomic E-state index is 13.1. The van der Waals surface area contributed by atoms with Crippen molar-refractivity contribution in [2.75, 3.05) is 7.11 Å². The minimum atomic E-state index is -1.21. The van der Waals surface area contributed by atoms with Crippen molar-refractivity contribution in [1.29, 1.82) is 0 Å². The van der Waals surface area contributed by atoms with Gasteiger partial charge in [-0.1, -0.05) is 13.0 Å². The summed E-state index contributed by atoms with van der Waals surface area (Å²) in [7, 11) is 1.57. The van der Waals surface area contributed by atoms with Gasteiger partial charge in [0.15, 0.2) is 0 Å². The minimum Gasteiger partial charge on any atom is -0.496 e. The van der Waals surface area contributed by atoms with Crippen molar-refractivity contribution in [1.82, 2.24) is 10.2 Å². The first-order valence-electron chi connectivity index (χ1n) is 8.43. The third-order valence-corrected chi connectivity index (χ3v) is 4.78. The van der Waals surface area contributed by atoms with Crippen molar-refractivity contribution in [2.45, 2.75) is 32.4 Å². The largest absolute Gasteiger partial charge is 0.496 e. The highest BCUT2D eigenvalue weighted by Gasteiger charge is 2.51. The smallest absolute Gasteiger partial charge is 0.371 e. The molecule has 1 unspecified atom stereocenters. The van der Waals surface area contributed by atoms with Crippen LogP contribution in [0.2, 0.25) is 0 Å². The van der Waals surface area contributed by atoms with Gasteiger partial charge in [0.05, 0.1) is 13.7 Å². The van der Waals surface area contributed by atoms with Gasteiger partial charge in [-0.25, -0.2) is 9.59 Å². The lowest BCUT2D eigenvalue weighted by Gasteiger charge is -2.26. The molecule has 2 aromatic rings. The molecule has 2 N–H and O–H groups in total. The van der Waals surface area contributed by atoms with Crippen molar-refractivity contribution >= 4 is 17.9 Å². The van der Waals surface area contributed by atoms with E-state index in [0.29, 0.717) is 17.7 Å². The number of benzene rings is 1. The Morgan fingerprint density at radius 1 is 1.30 bits per heavy atom. The molecule has 0 spiro atoms. The number of furan rings is 1. The average Bonchev–Trinajstić information content (AvgIpc) is 3.21. The Morgan fingerprint density at radius 2 is 2.04 bits per heavy atom. The summed E-state index contributed by atoms with van der Waals surface area (Å²) in [5, 5.41) is 11.7. The summed E-state index contributed by atoms with van der Waals surface area (Å²) in [6.07, 6.45) is 0.359. The number of urea groups is 1. The van der Waals surface area contributed by atoms with Crippen molar-refractivity contribution < 1.29 is 28.6 Å². The summed E-state index contributed by atoms with van der Waals surface area (Å²) in [5.41, 5.74) is 0.325. The number of hydrogen-bond acceptors (Lipinski definition) is 5. The van der Waals surface area contributed by atoms with Gasteiger partial charge in [-0.15, -0.1) is 0 Å². The van der Waals surface area contributed by atoms with Crippen LogP contribution in [0.5, 0.6) is 5.75 Å². The Balaban J connectivity index is 1.92. The van der Waals surface area contributed by atoms with E-state index in [1.165, 1.54) is 12.1 Å². The lowest BCUT2D eigenvalue weighted by Crippen LogP contribution is -2.43. The van der Waals surface area contributed by atoms with E-state index < -0.39 is 23.4 Å². The Morgan fingerprint density at radius 3 is 2.59 bits per heavy atom. The van der Waals surface area contributed by atoms with Gasteiger partial charge in [0.25, 0.3) is 5.91 Å². The molecule has 1 aromatic carbocycles. The van der Waals surface area contributed by atoms with E-state index in [9.17, 15) is 14.4 Å². The monoisotopic (exact) mass is 372 g/mol. The summed E-state index contributed by atoms with van der Waals surface area (Å²) in [6, 6.07) is 7.51. The number of imide groups is 1. The third-order valence-electron chi connectivity index (χ3n) is 4.78. The van der Waals surface area contributed by atoms with Crippen LogP contribution in [0.1, 0.15) is 40.8 Å². The second-order valence-corrected chi connectivity index (χ2v) is 6.34. The van der Waals surface area contributed by atoms with E-state index in [1.807, 2.05) is 19.9 Å². The Bertz CT molecular complexity index is 919. The van der Waals surface area contributed by atoms with E-state index >= 15 is 0 Å². The highest BCUT2D eigenvalue weighted by molar-refractivity contribution is 6.07. The first-order chi connectivity index (χ1) is 12.8. The van der Waals surface area contributed by atoms with Gasteiger partial charge < -0.3 is 19.6 Å². The van der Waals surface area contributed by atoms with Gasteiger partial charge in [-0.3, -0.25) is 9.69 Å². The van der Waals surface area contributed by atoms with Crippen LogP contribution in [0.15, 0.2) is 34.7 Å². The predicted molar refractivity (Wildman–Crippen MR) is 94.4 cm³/mol. The predicted octanol–water partition coefficient (Wildman–Crippen LogP) is 2.65. The molecule has 0 aliphatic carbocycles. The van der Waals surface area contributed by atoms with Crippen LogP contribution in [-0.2, 0) is 16.9 Å². The second-order valence-electron chi connectivity index (χ2n) is 6.34. The van der Waals surface area contributed by atoms with Crippen LogP contribution >= 0.6 is 0 Å². The first-order valence-corrected chi connectivity index (χ1v) is 8.43. The third kappa shape index (κ3) is 3.03. The number of amides is 3. The molecule has 8 heteroatoms. The molecule has 0 radical (unpaired) electrons. The fourth-order valence-corrected chi connectivity index (χ4v) is 3.29. The number of rotatable bonds is 6. The summed E-state index contributed by atoms with van der Waals surface area (Å²) < 4.78 is 10.4. The molecule has 3 amide bonds. The fraction of sp³-hybridized carbons (Fsp3) is 0.316. The van der Waals surface area contributed by atoms with Crippen molar-refractivity contribution in [3.05, 3.63) is 53.0 Å². The number of carbonyl (C=O) groups excluding carboxylic acids is 2. The number of aromatic carboxylic acids is 1. The number of nitrogens with zero attached hydrogens (tertiary/aromatic N) is 1. The van der Waals surface area contributed by atoms with E-state index in [1.54, 1.807) is 19.2 Å². The molecule has 1 aliphatic rings. The molecule has 1 atom stereocenters. The molecular weight excluding hydrogens is 352 g/mol. The average molecular weight is 372 g/mol. The molecule has 3 rings (SSSR count). The standard InChI is InChI=1S/C19H20N2O6/c1-4-19(12-5-7-14(26-3)11(2)9-12)17(24)21(18(25)20-19)10-13-6-8-15(27-13)16(22)23/h5-9H,4,10H2,1-3H3,(H,20,25)(H,22,23). The molecule has 1 aromatic heterocycles. The van der Waals surface area contributed by atoms with Crippen LogP contribution in [0.3, 0.4) is 0 Å². The highest BCUT2D eigenvalue weighted by Crippen LogP contribution is 2.35. The molecule has 1 fully saturated rings. The summed E-state index contributed by atoms with van der Waals surface area (Å²) in [6.45, 7) is 3.53. The van der Waals surface area contributed by atoms with Crippen LogP contribution in [0.25, 0.3) is 0 Å². The molecule has 142 valence electrons. The zero-order valence-electron chi connectivity index (χ0n) is 15.2. The molecule has 0 bridgehead atoms. The molecular formula is C19H20N2O6. The Labute approximate surface area is 155 Å². The lowest BCUT2D eigenvalue weighted by atomic mass is 9.86. The minimum absolute atomic E-state index is 0.144. The number of methoxy groups -OCH3 is 1. The van der Waals surface area contributed by atoms with Crippen LogP contribution < -0.4 is 10.1 Å². The lowest BCUT2D eigenvalue weighted by molar-refractivity contribution is -0.132. The topological polar surface area (TPSA) is 109 Å². The van der Waals surface area contributed by atoms with Crippen molar-refractivity contribution in [3.63, 3.8) is 0 Å². The zero-order chi connectivity index (χ0) is 19.8. The Kier molecular flexibility index (Phi) is 4.65. The van der Waals surface area contributed by atoms with Crippen molar-refractivity contribution in [3.8, 4) is 5.75 Å². The molecule has 1 aliphatic heterocycles. The summed E-state index contributed by atoms with van der Waals surface area (Å²) in [5.74, 6) is -0.961. The van der Waals surface area contributed by atoms with Gasteiger partial charge in [0.1, 0.15) is 17.0 Å². The van der Waals surface area contributed by atoms with Crippen LogP contribution in [0.4, 0.5) is 4.79 Å². The number of carboxylic acid groups (broad SMARTS) is 1. The van der Waals surface area contributed by atoms with Gasteiger partial charge in [-0.05, 0) is 48.7 Å². The van der Waals surface area contributed by atoms with Gasteiger partial charge in [-0.2, -0.15) is 0 Å². The first kappa shape index (κ1) is 18.5. The number of aryl methyl sites for hydroxylation is 1. The van der Waals surface area contributed by atoms with E-state index in [-0.39, 0.29) is 18.1 Å². The van der Waals surface area contributed by atoms with E-state index in [2.05, 4.69) is 5.32 Å². The molecule has 2 heterocycles. The van der Waals surface area contributed by atoms with E-state index in [0.717, 1.165) is 10.5 Å². The highest BCUT2D eigenvalue weighted by atomic mass is 16.5. The fourth-order valence-electron chi connectivity index (χ4n) is 3.29. The molecule has 27 heavy (non-hydrogen) atoms. The number of carbonyl (C=O) groups is 3. The number of carboxylic acids is 1. The second kappa shape index (κ2) is 6.79. The van der Waals surface area contributed by atoms with Gasteiger partial charge in [0, 0.05) is 0 Å². The maximum absolute atomic E-state index is 13.1. The summed E-state index contributed by atoms with van der Waals surface area (Å²) in [4.78, 5) is 37.6. The normalized spacial score (nSPS) is 19.3. The molecule has 8 nitrogen and oxygen atoms in total. The Hall–Kier alpha value is -3.29.